The van der Waals surface area contributed by atoms with Gasteiger partial charge in [0.25, 0.3) is 0 Å². The summed E-state index contributed by atoms with van der Waals surface area (Å²) in [5, 5.41) is 0.955. The molecule has 1 heterocycles. The standard InChI is InChI=1S/C15H13N3S2/c1-19-15-17-14(16-12-8-4-2-5-9-12)20-18(15)13-10-6-3-7-11-13/h2-11H,1H3. The Morgan fingerprint density at radius 2 is 1.65 bits per heavy atom. The quantitative estimate of drug-likeness (QED) is 0.687. The van der Waals surface area contributed by atoms with Crippen molar-refractivity contribution in [1.29, 1.82) is 0 Å². The van der Waals surface area contributed by atoms with Crippen molar-refractivity contribution < 1.29 is 0 Å². The van der Waals surface area contributed by atoms with Gasteiger partial charge in [-0.2, -0.15) is 4.98 Å². The first kappa shape index (κ1) is 13.1. The van der Waals surface area contributed by atoms with Gasteiger partial charge in [-0.15, -0.1) is 0 Å². The lowest BCUT2D eigenvalue weighted by molar-refractivity contribution is 0.930. The van der Waals surface area contributed by atoms with Gasteiger partial charge in [0.1, 0.15) is 0 Å². The molecule has 3 nitrogen and oxygen atoms in total. The number of rotatable bonds is 3. The first-order chi connectivity index (χ1) is 9.86. The van der Waals surface area contributed by atoms with Crippen molar-refractivity contribution in [1.82, 2.24) is 8.94 Å². The first-order valence-electron chi connectivity index (χ1n) is 6.16. The Kier molecular flexibility index (Phi) is 3.99. The van der Waals surface area contributed by atoms with Crippen LogP contribution in [-0.4, -0.2) is 15.2 Å². The van der Waals surface area contributed by atoms with Crippen LogP contribution >= 0.6 is 23.3 Å². The third-order valence-corrected chi connectivity index (χ3v) is 4.36. The second-order valence-electron chi connectivity index (χ2n) is 4.05. The number of benzene rings is 2. The Hall–Kier alpha value is -1.85. The van der Waals surface area contributed by atoms with Gasteiger partial charge in [0.05, 0.1) is 11.4 Å². The molecule has 0 saturated heterocycles. The van der Waals surface area contributed by atoms with E-state index < -0.39 is 0 Å². The van der Waals surface area contributed by atoms with Crippen LogP contribution in [0.2, 0.25) is 0 Å². The van der Waals surface area contributed by atoms with Gasteiger partial charge in [-0.05, 0) is 42.1 Å². The summed E-state index contributed by atoms with van der Waals surface area (Å²) in [4.78, 5) is 9.92. The van der Waals surface area contributed by atoms with Gasteiger partial charge in [0.2, 0.25) is 4.80 Å². The van der Waals surface area contributed by atoms with Crippen LogP contribution in [0.15, 0.2) is 70.8 Å². The summed E-state index contributed by atoms with van der Waals surface area (Å²) in [6, 6.07) is 20.1. The maximum Gasteiger partial charge on any atom is 0.228 e. The van der Waals surface area contributed by atoms with E-state index in [1.807, 2.05) is 54.8 Å². The van der Waals surface area contributed by atoms with E-state index in [1.54, 1.807) is 23.3 Å². The van der Waals surface area contributed by atoms with Gasteiger partial charge in [-0.3, -0.25) is 0 Å². The first-order valence-corrected chi connectivity index (χ1v) is 8.16. The van der Waals surface area contributed by atoms with Crippen molar-refractivity contribution in [2.45, 2.75) is 5.16 Å². The van der Waals surface area contributed by atoms with Gasteiger partial charge in [0.15, 0.2) is 5.16 Å². The smallest absolute Gasteiger partial charge is 0.228 e. The third kappa shape index (κ3) is 2.84. The minimum absolute atomic E-state index is 0.768. The Balaban J connectivity index is 2.08. The van der Waals surface area contributed by atoms with Gasteiger partial charge in [-0.25, -0.2) is 8.95 Å². The van der Waals surface area contributed by atoms with Crippen LogP contribution in [0.4, 0.5) is 5.69 Å². The van der Waals surface area contributed by atoms with Gasteiger partial charge in [0, 0.05) is 0 Å². The topological polar surface area (TPSA) is 30.2 Å². The molecule has 0 aliphatic rings. The minimum atomic E-state index is 0.768. The molecule has 100 valence electrons. The maximum atomic E-state index is 4.58. The van der Waals surface area contributed by atoms with Gasteiger partial charge < -0.3 is 0 Å². The number of hydrogen-bond acceptors (Lipinski definition) is 4. The second-order valence-corrected chi connectivity index (χ2v) is 5.74. The molecule has 0 N–H and O–H groups in total. The fourth-order valence-electron chi connectivity index (χ4n) is 1.78. The molecule has 0 aliphatic carbocycles. The van der Waals surface area contributed by atoms with Crippen molar-refractivity contribution in [3.63, 3.8) is 0 Å². The highest BCUT2D eigenvalue weighted by molar-refractivity contribution is 7.98. The van der Waals surface area contributed by atoms with Crippen LogP contribution in [0.25, 0.3) is 5.69 Å². The summed E-state index contributed by atoms with van der Waals surface area (Å²) in [7, 11) is 0. The molecule has 3 rings (SSSR count). The molecule has 0 saturated carbocycles. The Bertz CT molecular complexity index is 746. The number of para-hydroxylation sites is 2. The number of aromatic nitrogens is 2. The number of thioether (sulfide) groups is 1. The van der Waals surface area contributed by atoms with E-state index >= 15 is 0 Å². The molecule has 1 aromatic heterocycles. The van der Waals surface area contributed by atoms with E-state index in [-0.39, 0.29) is 0 Å². The SMILES string of the molecule is CSc1nc(=Nc2ccccc2)sn1-c1ccccc1. The van der Waals surface area contributed by atoms with Crippen molar-refractivity contribution in [2.24, 2.45) is 4.99 Å². The minimum Gasteiger partial charge on any atom is -0.241 e. The molecule has 2 aromatic carbocycles. The maximum absolute atomic E-state index is 4.58. The third-order valence-electron chi connectivity index (χ3n) is 2.69. The Labute approximate surface area is 125 Å². The molecule has 20 heavy (non-hydrogen) atoms. The highest BCUT2D eigenvalue weighted by Gasteiger charge is 2.06. The predicted molar refractivity (Wildman–Crippen MR) is 84.9 cm³/mol. The summed E-state index contributed by atoms with van der Waals surface area (Å²) >= 11 is 3.17. The molecule has 0 amide bonds. The van der Waals surface area contributed by atoms with Crippen LogP contribution in [0.5, 0.6) is 0 Å². The average Bonchev–Trinajstić information content (AvgIpc) is 2.92. The summed E-state index contributed by atoms with van der Waals surface area (Å²) in [6.45, 7) is 0. The largest absolute Gasteiger partial charge is 0.241 e. The van der Waals surface area contributed by atoms with Crippen molar-refractivity contribution in [2.75, 3.05) is 6.26 Å². The fraction of sp³-hybridized carbons (Fsp3) is 0.0667. The zero-order valence-electron chi connectivity index (χ0n) is 10.9. The van der Waals surface area contributed by atoms with E-state index in [1.165, 1.54) is 0 Å². The summed E-state index contributed by atoms with van der Waals surface area (Å²) in [5.41, 5.74) is 2.04. The summed E-state index contributed by atoms with van der Waals surface area (Å²) in [5.74, 6) is 0. The normalized spacial score (nSPS) is 11.8. The molecule has 5 heteroatoms. The summed E-state index contributed by atoms with van der Waals surface area (Å²) < 4.78 is 2.10. The van der Waals surface area contributed by atoms with Crippen molar-refractivity contribution in [3.8, 4) is 5.69 Å². The predicted octanol–water partition coefficient (Wildman–Crippen LogP) is 3.89. The molecule has 3 aromatic rings. The Morgan fingerprint density at radius 1 is 1.00 bits per heavy atom. The lowest BCUT2D eigenvalue weighted by atomic mass is 10.3. The molecule has 0 bridgehead atoms. The molecule has 0 spiro atoms. The second kappa shape index (κ2) is 6.07. The average molecular weight is 299 g/mol. The number of hydrogen-bond donors (Lipinski definition) is 0. The molecular formula is C15H13N3S2. The van der Waals surface area contributed by atoms with Crippen LogP contribution in [0.1, 0.15) is 0 Å². The van der Waals surface area contributed by atoms with Crippen LogP contribution < -0.4 is 4.80 Å². The zero-order chi connectivity index (χ0) is 13.8. The van der Waals surface area contributed by atoms with E-state index in [2.05, 4.69) is 26.1 Å². The summed E-state index contributed by atoms with van der Waals surface area (Å²) in [6.07, 6.45) is 2.03. The Morgan fingerprint density at radius 3 is 2.30 bits per heavy atom. The van der Waals surface area contributed by atoms with E-state index in [0.717, 1.165) is 21.3 Å². The molecule has 0 radical (unpaired) electrons. The number of nitrogens with zero attached hydrogens (tertiary/aromatic N) is 3. The fourth-order valence-corrected chi connectivity index (χ4v) is 3.41. The molecule has 0 fully saturated rings. The van der Waals surface area contributed by atoms with Gasteiger partial charge >= 0.3 is 0 Å². The molecule has 0 unspecified atom stereocenters. The van der Waals surface area contributed by atoms with E-state index in [9.17, 15) is 0 Å². The lowest BCUT2D eigenvalue weighted by Gasteiger charge is -2.02. The van der Waals surface area contributed by atoms with Crippen LogP contribution in [0, 0.1) is 0 Å². The highest BCUT2D eigenvalue weighted by Crippen LogP contribution is 2.19. The van der Waals surface area contributed by atoms with E-state index in [4.69, 9.17) is 0 Å². The molecule has 0 aliphatic heterocycles. The van der Waals surface area contributed by atoms with Gasteiger partial charge in [-0.1, -0.05) is 48.2 Å². The van der Waals surface area contributed by atoms with Crippen molar-refractivity contribution in [3.05, 3.63) is 65.5 Å². The van der Waals surface area contributed by atoms with E-state index in [0.29, 0.717) is 0 Å². The highest BCUT2D eigenvalue weighted by atomic mass is 32.2. The van der Waals surface area contributed by atoms with Crippen molar-refractivity contribution >= 4 is 29.0 Å². The zero-order valence-corrected chi connectivity index (χ0v) is 12.6. The monoisotopic (exact) mass is 299 g/mol. The molecular weight excluding hydrogens is 286 g/mol. The molecule has 0 atom stereocenters. The van der Waals surface area contributed by atoms with Crippen LogP contribution in [-0.2, 0) is 0 Å². The van der Waals surface area contributed by atoms with Crippen LogP contribution in [0.3, 0.4) is 0 Å². The lowest BCUT2D eigenvalue weighted by Crippen LogP contribution is -1.95.